The highest BCUT2D eigenvalue weighted by Gasteiger charge is 2.30. The van der Waals surface area contributed by atoms with Crippen LogP contribution in [0.5, 0.6) is 0 Å². The Hall–Kier alpha value is -2.55. The highest BCUT2D eigenvalue weighted by atomic mass is 35.5. The first-order chi connectivity index (χ1) is 14.9. The van der Waals surface area contributed by atoms with E-state index in [1.54, 1.807) is 28.9 Å². The van der Waals surface area contributed by atoms with Gasteiger partial charge in [-0.1, -0.05) is 23.7 Å². The molecule has 4 rings (SSSR count). The van der Waals surface area contributed by atoms with Gasteiger partial charge in [-0.05, 0) is 48.6 Å². The van der Waals surface area contributed by atoms with Crippen LogP contribution in [0.4, 0.5) is 0 Å². The standard InChI is InChI=1S/C20H19ClN6O2S2/c21-17-7-5-15(6-8-17)19-23-20(30)27(24-19)14-25-9-11-26(12-10-25)31(28,29)18-4-2-1-3-16(18)13-22/h1-8H,9-12,14H2,(H,23,24,30). The summed E-state index contributed by atoms with van der Waals surface area (Å²) in [4.78, 5) is 6.55. The molecule has 0 atom stereocenters. The van der Waals surface area contributed by atoms with Crippen LogP contribution in [-0.2, 0) is 16.7 Å². The van der Waals surface area contributed by atoms with E-state index in [2.05, 4.69) is 15.0 Å². The number of sulfonamides is 1. The molecule has 0 bridgehead atoms. The second-order valence-corrected chi connectivity index (χ2v) is 9.77. The van der Waals surface area contributed by atoms with Gasteiger partial charge in [-0.2, -0.15) is 14.6 Å². The van der Waals surface area contributed by atoms with E-state index >= 15 is 0 Å². The van der Waals surface area contributed by atoms with Crippen LogP contribution >= 0.6 is 23.8 Å². The first-order valence-electron chi connectivity index (χ1n) is 9.53. The molecule has 0 spiro atoms. The molecular weight excluding hydrogens is 456 g/mol. The molecule has 1 aliphatic heterocycles. The Bertz CT molecular complexity index is 1290. The Morgan fingerprint density at radius 1 is 1.10 bits per heavy atom. The molecule has 1 aliphatic rings. The minimum atomic E-state index is -3.72. The summed E-state index contributed by atoms with van der Waals surface area (Å²) < 4.78 is 29.6. The van der Waals surface area contributed by atoms with Gasteiger partial charge in [0.2, 0.25) is 14.8 Å². The average molecular weight is 475 g/mol. The zero-order valence-corrected chi connectivity index (χ0v) is 18.8. The average Bonchev–Trinajstić information content (AvgIpc) is 3.14. The van der Waals surface area contributed by atoms with E-state index in [1.807, 2.05) is 18.2 Å². The molecule has 0 unspecified atom stereocenters. The van der Waals surface area contributed by atoms with Gasteiger partial charge in [0.1, 0.15) is 6.07 Å². The molecule has 1 fully saturated rings. The second kappa shape index (κ2) is 8.90. The first kappa shape index (κ1) is 21.7. The Labute approximate surface area is 190 Å². The molecule has 31 heavy (non-hydrogen) atoms. The lowest BCUT2D eigenvalue weighted by atomic mass is 10.2. The van der Waals surface area contributed by atoms with Crippen LogP contribution < -0.4 is 0 Å². The number of benzene rings is 2. The number of nitrogens with one attached hydrogen (secondary N) is 1. The van der Waals surface area contributed by atoms with Crippen molar-refractivity contribution in [1.29, 1.82) is 5.26 Å². The summed E-state index contributed by atoms with van der Waals surface area (Å²) in [5.74, 6) is 0.649. The van der Waals surface area contributed by atoms with Crippen molar-refractivity contribution >= 4 is 33.8 Å². The van der Waals surface area contributed by atoms with Crippen molar-refractivity contribution in [2.75, 3.05) is 26.2 Å². The van der Waals surface area contributed by atoms with Crippen LogP contribution in [0, 0.1) is 16.1 Å². The fourth-order valence-electron chi connectivity index (χ4n) is 3.42. The summed E-state index contributed by atoms with van der Waals surface area (Å²) in [6, 6.07) is 15.5. The molecule has 1 saturated heterocycles. The van der Waals surface area contributed by atoms with Gasteiger partial charge in [0, 0.05) is 36.8 Å². The number of hydrogen-bond donors (Lipinski definition) is 1. The van der Waals surface area contributed by atoms with Crippen LogP contribution in [0.15, 0.2) is 53.4 Å². The number of nitrogens with zero attached hydrogens (tertiary/aromatic N) is 5. The van der Waals surface area contributed by atoms with Crippen molar-refractivity contribution in [3.8, 4) is 17.5 Å². The molecule has 0 saturated carbocycles. The van der Waals surface area contributed by atoms with E-state index < -0.39 is 10.0 Å². The Morgan fingerprint density at radius 3 is 2.45 bits per heavy atom. The van der Waals surface area contributed by atoms with Crippen molar-refractivity contribution in [3.05, 3.63) is 63.9 Å². The monoisotopic (exact) mass is 474 g/mol. The minimum absolute atomic E-state index is 0.0503. The Kier molecular flexibility index (Phi) is 6.22. The number of halogens is 1. The van der Waals surface area contributed by atoms with Gasteiger partial charge in [-0.3, -0.25) is 10.00 Å². The smallest absolute Gasteiger partial charge is 0.244 e. The number of rotatable bonds is 5. The van der Waals surface area contributed by atoms with Crippen molar-refractivity contribution in [2.45, 2.75) is 11.6 Å². The molecule has 0 amide bonds. The van der Waals surface area contributed by atoms with E-state index in [9.17, 15) is 13.7 Å². The van der Waals surface area contributed by atoms with E-state index in [0.717, 1.165) is 5.56 Å². The molecule has 160 valence electrons. The molecule has 1 N–H and O–H groups in total. The molecule has 1 aromatic heterocycles. The van der Waals surface area contributed by atoms with Crippen molar-refractivity contribution < 1.29 is 8.42 Å². The van der Waals surface area contributed by atoms with Crippen LogP contribution in [0.2, 0.25) is 5.02 Å². The quantitative estimate of drug-likeness (QED) is 0.570. The lowest BCUT2D eigenvalue weighted by Gasteiger charge is -2.33. The molecule has 0 aliphatic carbocycles. The van der Waals surface area contributed by atoms with Gasteiger partial charge < -0.3 is 0 Å². The maximum absolute atomic E-state index is 13.0. The summed E-state index contributed by atoms with van der Waals surface area (Å²) in [6.45, 7) is 2.19. The van der Waals surface area contributed by atoms with Gasteiger partial charge >= 0.3 is 0 Å². The summed E-state index contributed by atoms with van der Waals surface area (Å²) >= 11 is 11.3. The zero-order valence-electron chi connectivity index (χ0n) is 16.4. The third-order valence-electron chi connectivity index (χ3n) is 5.09. The number of aromatic nitrogens is 3. The highest BCUT2D eigenvalue weighted by Crippen LogP contribution is 2.22. The normalized spacial score (nSPS) is 15.6. The summed E-state index contributed by atoms with van der Waals surface area (Å²) in [5, 5.41) is 13.1. The van der Waals surface area contributed by atoms with Crippen molar-refractivity contribution in [2.24, 2.45) is 0 Å². The van der Waals surface area contributed by atoms with Gasteiger partial charge in [0.15, 0.2) is 5.82 Å². The zero-order chi connectivity index (χ0) is 22.0. The fourth-order valence-corrected chi connectivity index (χ4v) is 5.31. The number of nitriles is 1. The fraction of sp³-hybridized carbons (Fsp3) is 0.250. The molecular formula is C20H19ClN6O2S2. The summed E-state index contributed by atoms with van der Waals surface area (Å²) in [5.41, 5.74) is 1.03. The molecule has 8 nitrogen and oxygen atoms in total. The van der Waals surface area contributed by atoms with Crippen LogP contribution in [0.25, 0.3) is 11.4 Å². The van der Waals surface area contributed by atoms with Crippen LogP contribution in [-0.4, -0.2) is 58.6 Å². The molecule has 0 radical (unpaired) electrons. The number of H-pyrrole nitrogens is 1. The summed E-state index contributed by atoms with van der Waals surface area (Å²) in [7, 11) is -3.72. The maximum atomic E-state index is 13.0. The Balaban J connectivity index is 1.44. The topological polar surface area (TPSA) is 98.0 Å². The molecule has 3 aromatic rings. The van der Waals surface area contributed by atoms with Crippen molar-refractivity contribution in [1.82, 2.24) is 24.0 Å². The maximum Gasteiger partial charge on any atom is 0.244 e. The minimum Gasteiger partial charge on any atom is -0.282 e. The third kappa shape index (κ3) is 4.56. The van der Waals surface area contributed by atoms with E-state index in [0.29, 0.717) is 48.5 Å². The predicted molar refractivity (Wildman–Crippen MR) is 119 cm³/mol. The molecule has 2 aromatic carbocycles. The van der Waals surface area contributed by atoms with Crippen LogP contribution in [0.1, 0.15) is 5.56 Å². The number of hydrogen-bond acceptors (Lipinski definition) is 6. The lowest BCUT2D eigenvalue weighted by molar-refractivity contribution is 0.145. The van der Waals surface area contributed by atoms with Crippen LogP contribution in [0.3, 0.4) is 0 Å². The van der Waals surface area contributed by atoms with Crippen molar-refractivity contribution in [3.63, 3.8) is 0 Å². The second-order valence-electron chi connectivity index (χ2n) is 7.06. The van der Waals surface area contributed by atoms with Gasteiger partial charge in [-0.15, -0.1) is 0 Å². The first-order valence-corrected chi connectivity index (χ1v) is 11.8. The SMILES string of the molecule is N#Cc1ccccc1S(=O)(=O)N1CCN(Cn2[nH]c(-c3ccc(Cl)cc3)nc2=S)CC1. The largest absolute Gasteiger partial charge is 0.282 e. The van der Waals surface area contributed by atoms with Gasteiger partial charge in [0.25, 0.3) is 0 Å². The van der Waals surface area contributed by atoms with E-state index in [-0.39, 0.29) is 10.5 Å². The molecule has 2 heterocycles. The van der Waals surface area contributed by atoms with E-state index in [1.165, 1.54) is 16.4 Å². The predicted octanol–water partition coefficient (Wildman–Crippen LogP) is 3.10. The third-order valence-corrected chi connectivity index (χ3v) is 7.62. The summed E-state index contributed by atoms with van der Waals surface area (Å²) in [6.07, 6.45) is 0. The molecule has 11 heteroatoms. The van der Waals surface area contributed by atoms with E-state index in [4.69, 9.17) is 23.8 Å². The number of aromatic amines is 1. The van der Waals surface area contributed by atoms with Gasteiger partial charge in [0.05, 0.1) is 17.1 Å². The van der Waals surface area contributed by atoms with Gasteiger partial charge in [-0.25, -0.2) is 13.1 Å². The lowest BCUT2D eigenvalue weighted by Crippen LogP contribution is -2.49. The number of piperazine rings is 1. The highest BCUT2D eigenvalue weighted by molar-refractivity contribution is 7.89. The Morgan fingerprint density at radius 2 is 1.77 bits per heavy atom.